The highest BCUT2D eigenvalue weighted by atomic mass is 31.2. The third-order valence-electron chi connectivity index (χ3n) is 1.78. The van der Waals surface area contributed by atoms with Gasteiger partial charge >= 0.3 is 8.80 Å². The molecule has 0 aliphatic carbocycles. The molecule has 6 nitrogen and oxygen atoms in total. The van der Waals surface area contributed by atoms with Gasteiger partial charge in [-0.25, -0.2) is 0 Å². The first kappa shape index (κ1) is 16.2. The van der Waals surface area contributed by atoms with Crippen molar-refractivity contribution in [2.24, 2.45) is 0 Å². The van der Waals surface area contributed by atoms with Crippen molar-refractivity contribution in [3.05, 3.63) is 0 Å². The van der Waals surface area contributed by atoms with E-state index in [1.807, 2.05) is 0 Å². The summed E-state index contributed by atoms with van der Waals surface area (Å²) in [4.78, 5) is 21.2. The Bertz CT molecular complexity index is 214. The molecule has 0 aliphatic heterocycles. The van der Waals surface area contributed by atoms with Gasteiger partial charge in [0.05, 0.1) is 0 Å². The van der Waals surface area contributed by atoms with Crippen LogP contribution in [0.2, 0.25) is 6.04 Å². The molecule has 98 valence electrons. The van der Waals surface area contributed by atoms with Crippen molar-refractivity contribution in [2.75, 3.05) is 26.0 Å². The molecule has 0 saturated heterocycles. The molecule has 0 aromatic heterocycles. The maximum Gasteiger partial charge on any atom is 0.501 e. The normalized spacial score (nSPS) is 13.1. The summed E-state index contributed by atoms with van der Waals surface area (Å²) >= 11 is 0. The van der Waals surface area contributed by atoms with Gasteiger partial charge in [-0.3, -0.25) is 0 Å². The quantitative estimate of drug-likeness (QED) is 0.431. The average molecular weight is 270 g/mol. The summed E-state index contributed by atoms with van der Waals surface area (Å²) in [6.45, 7) is 6.42. The fourth-order valence-corrected chi connectivity index (χ4v) is 5.47. The Balaban J connectivity index is 4.52. The van der Waals surface area contributed by atoms with E-state index in [0.717, 1.165) is 0 Å². The first-order chi connectivity index (χ1) is 7.39. The Morgan fingerprint density at radius 3 is 1.62 bits per heavy atom. The van der Waals surface area contributed by atoms with E-state index in [9.17, 15) is 14.4 Å². The van der Waals surface area contributed by atoms with Crippen LogP contribution in [0.1, 0.15) is 20.8 Å². The monoisotopic (exact) mass is 270 g/mol. The summed E-state index contributed by atoms with van der Waals surface area (Å²) in [6, 6.07) is 0.0206. The minimum absolute atomic E-state index is 0.0206. The Hall–Kier alpha value is 0.247. The van der Waals surface area contributed by atoms with E-state index in [2.05, 4.69) is 0 Å². The molecule has 0 amide bonds. The van der Waals surface area contributed by atoms with Crippen LogP contribution in [0.3, 0.4) is 0 Å². The number of rotatable bonds is 9. The molecule has 0 fully saturated rings. The zero-order valence-corrected chi connectivity index (χ0v) is 11.8. The molecule has 0 saturated carbocycles. The van der Waals surface area contributed by atoms with Crippen molar-refractivity contribution in [3.8, 4) is 0 Å². The van der Waals surface area contributed by atoms with Gasteiger partial charge in [0.15, 0.2) is 0 Å². The van der Waals surface area contributed by atoms with Crippen molar-refractivity contribution >= 4 is 16.4 Å². The third kappa shape index (κ3) is 6.75. The highest BCUT2D eigenvalue weighted by molar-refractivity contribution is 7.48. The molecule has 0 atom stereocenters. The standard InChI is InChI=1S/C8H21O6PSi/c1-4-12-16(13-5-2,14-6-3)8-7-15(9,10)11/h4-8H2,1-3H3,(H2,9,10,11)/p-2. The Morgan fingerprint density at radius 2 is 1.38 bits per heavy atom. The maximum atomic E-state index is 10.6. The van der Waals surface area contributed by atoms with Crippen molar-refractivity contribution in [1.29, 1.82) is 0 Å². The molecule has 0 rings (SSSR count). The molecule has 16 heavy (non-hydrogen) atoms. The lowest BCUT2D eigenvalue weighted by Crippen LogP contribution is -2.47. The van der Waals surface area contributed by atoms with Crippen LogP contribution in [-0.2, 0) is 17.8 Å². The fourth-order valence-electron chi connectivity index (χ4n) is 1.28. The Labute approximate surface area is 97.4 Å². The van der Waals surface area contributed by atoms with Crippen molar-refractivity contribution < 1.29 is 27.6 Å². The zero-order chi connectivity index (χ0) is 12.7. The molecule has 0 bridgehead atoms. The second-order valence-electron chi connectivity index (χ2n) is 3.07. The van der Waals surface area contributed by atoms with Gasteiger partial charge in [-0.15, -0.1) is 0 Å². The largest absolute Gasteiger partial charge is 0.811 e. The molecule has 0 aromatic carbocycles. The van der Waals surface area contributed by atoms with Gasteiger partial charge in [-0.2, -0.15) is 0 Å². The number of hydrogen-bond acceptors (Lipinski definition) is 6. The summed E-state index contributed by atoms with van der Waals surface area (Å²) in [5.41, 5.74) is 0. The minimum atomic E-state index is -4.54. The minimum Gasteiger partial charge on any atom is -0.811 e. The highest BCUT2D eigenvalue weighted by Gasteiger charge is 2.39. The predicted octanol–water partition coefficient (Wildman–Crippen LogP) is -0.0515. The Kier molecular flexibility index (Phi) is 7.67. The molecule has 0 radical (unpaired) electrons. The first-order valence-electron chi connectivity index (χ1n) is 5.32. The topological polar surface area (TPSA) is 90.9 Å². The lowest BCUT2D eigenvalue weighted by Gasteiger charge is -2.34. The van der Waals surface area contributed by atoms with Crippen LogP contribution in [0.15, 0.2) is 0 Å². The Morgan fingerprint density at radius 1 is 1.00 bits per heavy atom. The van der Waals surface area contributed by atoms with Crippen molar-refractivity contribution in [3.63, 3.8) is 0 Å². The first-order valence-corrected chi connectivity index (χ1v) is 8.98. The van der Waals surface area contributed by atoms with Crippen LogP contribution < -0.4 is 9.79 Å². The maximum absolute atomic E-state index is 10.6. The van der Waals surface area contributed by atoms with Crippen LogP contribution in [0.4, 0.5) is 0 Å². The van der Waals surface area contributed by atoms with Crippen molar-refractivity contribution in [2.45, 2.75) is 26.8 Å². The zero-order valence-electron chi connectivity index (χ0n) is 9.93. The van der Waals surface area contributed by atoms with E-state index in [-0.39, 0.29) is 6.04 Å². The van der Waals surface area contributed by atoms with Gasteiger partial charge in [0.1, 0.15) is 0 Å². The molecule has 0 aromatic rings. The molecule has 0 heterocycles. The van der Waals surface area contributed by atoms with Crippen LogP contribution in [0, 0.1) is 0 Å². The van der Waals surface area contributed by atoms with Crippen LogP contribution in [0.25, 0.3) is 0 Å². The SMILES string of the molecule is CCO[Si](CCP(=O)([O-])[O-])(OCC)OCC. The van der Waals surface area contributed by atoms with Gasteiger partial charge in [-0.1, -0.05) is 7.60 Å². The summed E-state index contributed by atoms with van der Waals surface area (Å²) in [5.74, 6) is 0. The van der Waals surface area contributed by atoms with E-state index in [0.29, 0.717) is 19.8 Å². The van der Waals surface area contributed by atoms with Gasteiger partial charge in [0, 0.05) is 25.9 Å². The van der Waals surface area contributed by atoms with Crippen LogP contribution in [-0.4, -0.2) is 34.8 Å². The van der Waals surface area contributed by atoms with Crippen LogP contribution >= 0.6 is 7.60 Å². The van der Waals surface area contributed by atoms with E-state index in [1.165, 1.54) is 0 Å². The van der Waals surface area contributed by atoms with Gasteiger partial charge in [0.25, 0.3) is 0 Å². The van der Waals surface area contributed by atoms with E-state index < -0.39 is 22.6 Å². The molecular weight excluding hydrogens is 251 g/mol. The van der Waals surface area contributed by atoms with E-state index >= 15 is 0 Å². The van der Waals surface area contributed by atoms with Crippen molar-refractivity contribution in [1.82, 2.24) is 0 Å². The average Bonchev–Trinajstić information content (AvgIpc) is 2.15. The second-order valence-corrected chi connectivity index (χ2v) is 7.47. The molecule has 0 spiro atoms. The summed E-state index contributed by atoms with van der Waals surface area (Å²) in [5, 5.41) is 0. The predicted molar refractivity (Wildman–Crippen MR) is 57.9 cm³/mol. The highest BCUT2D eigenvalue weighted by Crippen LogP contribution is 2.29. The van der Waals surface area contributed by atoms with E-state index in [1.54, 1.807) is 20.8 Å². The summed E-state index contributed by atoms with van der Waals surface area (Å²) in [7, 11) is -7.52. The van der Waals surface area contributed by atoms with Gasteiger partial charge in [0.2, 0.25) is 0 Å². The van der Waals surface area contributed by atoms with Crippen LogP contribution in [0.5, 0.6) is 0 Å². The molecular formula is C8H19O6PSi-2. The molecule has 0 N–H and O–H groups in total. The molecule has 0 aliphatic rings. The smallest absolute Gasteiger partial charge is 0.501 e. The number of hydrogen-bond donors (Lipinski definition) is 0. The molecule has 0 unspecified atom stereocenters. The summed E-state index contributed by atoms with van der Waals surface area (Å²) in [6.07, 6.45) is -0.487. The fraction of sp³-hybridized carbons (Fsp3) is 1.00. The van der Waals surface area contributed by atoms with Gasteiger partial charge in [-0.05, 0) is 26.9 Å². The summed E-state index contributed by atoms with van der Waals surface area (Å²) < 4.78 is 26.8. The molecule has 8 heteroatoms. The second kappa shape index (κ2) is 7.55. The van der Waals surface area contributed by atoms with Gasteiger partial charge < -0.3 is 27.6 Å². The lowest BCUT2D eigenvalue weighted by atomic mass is 10.9. The van der Waals surface area contributed by atoms with E-state index in [4.69, 9.17) is 13.3 Å². The lowest BCUT2D eigenvalue weighted by molar-refractivity contribution is -0.313. The third-order valence-corrected chi connectivity index (χ3v) is 6.02.